The predicted octanol–water partition coefficient (Wildman–Crippen LogP) is -0.620. The SMILES string of the molecule is CCNCCc1nc2nc(N)[nH]c(=O)c2[nH]1. The normalized spacial score (nSPS) is 11.1. The Morgan fingerprint density at radius 2 is 2.19 bits per heavy atom. The first-order valence-electron chi connectivity index (χ1n) is 5.15. The van der Waals surface area contributed by atoms with Crippen LogP contribution in [0.3, 0.4) is 0 Å². The number of aromatic amines is 2. The summed E-state index contributed by atoms with van der Waals surface area (Å²) in [6, 6.07) is 0. The van der Waals surface area contributed by atoms with Crippen molar-refractivity contribution in [3.05, 3.63) is 16.2 Å². The molecule has 0 amide bonds. The van der Waals surface area contributed by atoms with E-state index in [-0.39, 0.29) is 11.5 Å². The fourth-order valence-corrected chi connectivity index (χ4v) is 1.47. The summed E-state index contributed by atoms with van der Waals surface area (Å²) in [6.07, 6.45) is 0.726. The van der Waals surface area contributed by atoms with E-state index >= 15 is 0 Å². The number of rotatable bonds is 4. The minimum atomic E-state index is -0.287. The van der Waals surface area contributed by atoms with Crippen LogP contribution in [0.2, 0.25) is 0 Å². The third kappa shape index (κ3) is 2.03. The van der Waals surface area contributed by atoms with Crippen molar-refractivity contribution in [3.8, 4) is 0 Å². The van der Waals surface area contributed by atoms with Crippen molar-refractivity contribution >= 4 is 17.1 Å². The number of nitrogens with zero attached hydrogens (tertiary/aromatic N) is 2. The number of aromatic nitrogens is 4. The Morgan fingerprint density at radius 3 is 2.94 bits per heavy atom. The molecule has 2 rings (SSSR count). The van der Waals surface area contributed by atoms with Gasteiger partial charge in [-0.25, -0.2) is 4.98 Å². The van der Waals surface area contributed by atoms with Crippen molar-refractivity contribution in [2.45, 2.75) is 13.3 Å². The molecule has 0 unspecified atom stereocenters. The molecular weight excluding hydrogens is 208 g/mol. The Labute approximate surface area is 91.5 Å². The van der Waals surface area contributed by atoms with E-state index < -0.39 is 0 Å². The average molecular weight is 222 g/mol. The fraction of sp³-hybridized carbons (Fsp3) is 0.444. The van der Waals surface area contributed by atoms with Crippen LogP contribution in [0.15, 0.2) is 4.79 Å². The van der Waals surface area contributed by atoms with Gasteiger partial charge < -0.3 is 16.0 Å². The molecule has 2 aromatic rings. The molecule has 0 atom stereocenters. The van der Waals surface area contributed by atoms with E-state index in [1.54, 1.807) is 0 Å². The van der Waals surface area contributed by atoms with Gasteiger partial charge in [0.1, 0.15) is 5.82 Å². The molecular formula is C9H14N6O. The van der Waals surface area contributed by atoms with E-state index in [0.29, 0.717) is 11.2 Å². The summed E-state index contributed by atoms with van der Waals surface area (Å²) in [5.41, 5.74) is 5.88. The second kappa shape index (κ2) is 4.31. The molecule has 5 N–H and O–H groups in total. The molecule has 0 fully saturated rings. The lowest BCUT2D eigenvalue weighted by atomic mass is 10.4. The second-order valence-electron chi connectivity index (χ2n) is 3.44. The smallest absolute Gasteiger partial charge is 0.278 e. The molecule has 0 aromatic carbocycles. The summed E-state index contributed by atoms with van der Waals surface area (Å²) in [5, 5.41) is 3.18. The third-order valence-electron chi connectivity index (χ3n) is 2.22. The first-order chi connectivity index (χ1) is 7.70. The van der Waals surface area contributed by atoms with Gasteiger partial charge in [0.2, 0.25) is 5.95 Å². The Hall–Kier alpha value is -1.89. The summed E-state index contributed by atoms with van der Waals surface area (Å²) in [5.74, 6) is 0.821. The van der Waals surface area contributed by atoms with Crippen molar-refractivity contribution in [1.82, 2.24) is 25.3 Å². The lowest BCUT2D eigenvalue weighted by Gasteiger charge is -1.96. The maximum atomic E-state index is 11.5. The van der Waals surface area contributed by atoms with Crippen LogP contribution < -0.4 is 16.6 Å². The quantitative estimate of drug-likeness (QED) is 0.515. The Morgan fingerprint density at radius 1 is 1.38 bits per heavy atom. The molecule has 7 heteroatoms. The monoisotopic (exact) mass is 222 g/mol. The van der Waals surface area contributed by atoms with Crippen LogP contribution in [0, 0.1) is 0 Å². The highest BCUT2D eigenvalue weighted by molar-refractivity contribution is 5.70. The number of nitrogens with two attached hydrogens (primary N) is 1. The molecule has 0 bridgehead atoms. The standard InChI is InChI=1S/C9H14N6O/c1-2-11-4-3-5-12-6-7(13-5)14-9(10)15-8(6)16/h11H,2-4H2,1H3,(H4,10,12,13,14,15,16). The first-order valence-corrected chi connectivity index (χ1v) is 5.15. The van der Waals surface area contributed by atoms with Gasteiger partial charge in [-0.3, -0.25) is 9.78 Å². The van der Waals surface area contributed by atoms with E-state index in [1.165, 1.54) is 0 Å². The minimum Gasteiger partial charge on any atom is -0.369 e. The number of likely N-dealkylation sites (N-methyl/N-ethyl adjacent to an activating group) is 1. The highest BCUT2D eigenvalue weighted by Gasteiger charge is 2.07. The Kier molecular flexibility index (Phi) is 2.86. The van der Waals surface area contributed by atoms with Gasteiger partial charge in [-0.15, -0.1) is 0 Å². The van der Waals surface area contributed by atoms with Gasteiger partial charge >= 0.3 is 0 Å². The Bertz CT molecular complexity index is 542. The van der Waals surface area contributed by atoms with Crippen LogP contribution in [0.1, 0.15) is 12.7 Å². The molecule has 7 nitrogen and oxygen atoms in total. The van der Waals surface area contributed by atoms with Crippen molar-refractivity contribution < 1.29 is 0 Å². The predicted molar refractivity (Wildman–Crippen MR) is 61.2 cm³/mol. The number of anilines is 1. The molecule has 2 aromatic heterocycles. The van der Waals surface area contributed by atoms with Crippen molar-refractivity contribution in [1.29, 1.82) is 0 Å². The number of imidazole rings is 1. The summed E-state index contributed by atoms with van der Waals surface area (Å²) in [7, 11) is 0. The van der Waals surface area contributed by atoms with Gasteiger partial charge in [0.05, 0.1) is 0 Å². The van der Waals surface area contributed by atoms with Crippen LogP contribution in [0.25, 0.3) is 11.2 Å². The molecule has 0 radical (unpaired) electrons. The summed E-state index contributed by atoms with van der Waals surface area (Å²) >= 11 is 0. The maximum absolute atomic E-state index is 11.5. The molecule has 0 aliphatic carbocycles. The Balaban J connectivity index is 2.29. The van der Waals surface area contributed by atoms with Crippen LogP contribution in [0.4, 0.5) is 5.95 Å². The largest absolute Gasteiger partial charge is 0.369 e. The fourth-order valence-electron chi connectivity index (χ4n) is 1.47. The molecule has 0 saturated carbocycles. The van der Waals surface area contributed by atoms with Gasteiger partial charge in [-0.2, -0.15) is 4.98 Å². The molecule has 86 valence electrons. The van der Waals surface area contributed by atoms with E-state index in [9.17, 15) is 4.79 Å². The second-order valence-corrected chi connectivity index (χ2v) is 3.44. The average Bonchev–Trinajstić information content (AvgIpc) is 2.61. The van der Waals surface area contributed by atoms with E-state index in [0.717, 1.165) is 25.3 Å². The van der Waals surface area contributed by atoms with Crippen molar-refractivity contribution in [2.75, 3.05) is 18.8 Å². The molecule has 16 heavy (non-hydrogen) atoms. The number of nitrogens with one attached hydrogen (secondary N) is 3. The molecule has 0 aliphatic rings. The number of fused-ring (bicyclic) bond motifs is 1. The summed E-state index contributed by atoms with van der Waals surface area (Å²) in [6.45, 7) is 3.75. The zero-order chi connectivity index (χ0) is 11.5. The lowest BCUT2D eigenvalue weighted by molar-refractivity contribution is 0.702. The van der Waals surface area contributed by atoms with Gasteiger partial charge in [-0.05, 0) is 6.54 Å². The highest BCUT2D eigenvalue weighted by atomic mass is 16.1. The number of H-pyrrole nitrogens is 2. The van der Waals surface area contributed by atoms with E-state index in [1.807, 2.05) is 6.92 Å². The van der Waals surface area contributed by atoms with Crippen LogP contribution >= 0.6 is 0 Å². The van der Waals surface area contributed by atoms with Gasteiger partial charge in [-0.1, -0.05) is 6.92 Å². The third-order valence-corrected chi connectivity index (χ3v) is 2.22. The van der Waals surface area contributed by atoms with E-state index in [2.05, 4.69) is 25.3 Å². The minimum absolute atomic E-state index is 0.0854. The van der Waals surface area contributed by atoms with Crippen LogP contribution in [-0.4, -0.2) is 33.0 Å². The van der Waals surface area contributed by atoms with Crippen LogP contribution in [-0.2, 0) is 6.42 Å². The summed E-state index contributed by atoms with van der Waals surface area (Å²) in [4.78, 5) is 25.0. The zero-order valence-electron chi connectivity index (χ0n) is 9.00. The first kappa shape index (κ1) is 10.6. The van der Waals surface area contributed by atoms with Gasteiger partial charge in [0.25, 0.3) is 5.56 Å². The van der Waals surface area contributed by atoms with Gasteiger partial charge in [0, 0.05) is 13.0 Å². The molecule has 2 heterocycles. The van der Waals surface area contributed by atoms with Crippen LogP contribution in [0.5, 0.6) is 0 Å². The van der Waals surface area contributed by atoms with Gasteiger partial charge in [0.15, 0.2) is 11.2 Å². The summed E-state index contributed by atoms with van der Waals surface area (Å²) < 4.78 is 0. The molecule has 0 saturated heterocycles. The number of nitrogen functional groups attached to an aromatic ring is 1. The van der Waals surface area contributed by atoms with Crippen molar-refractivity contribution in [3.63, 3.8) is 0 Å². The van der Waals surface area contributed by atoms with Crippen molar-refractivity contribution in [2.24, 2.45) is 0 Å². The lowest BCUT2D eigenvalue weighted by Crippen LogP contribution is -2.16. The highest BCUT2D eigenvalue weighted by Crippen LogP contribution is 2.04. The number of hydrogen-bond acceptors (Lipinski definition) is 5. The topological polar surface area (TPSA) is 112 Å². The van der Waals surface area contributed by atoms with E-state index in [4.69, 9.17) is 5.73 Å². The number of hydrogen-bond donors (Lipinski definition) is 4. The molecule has 0 spiro atoms. The maximum Gasteiger partial charge on any atom is 0.278 e. The zero-order valence-corrected chi connectivity index (χ0v) is 9.00. The molecule has 0 aliphatic heterocycles.